The molecule has 2 rings (SSSR count). The fourth-order valence-corrected chi connectivity index (χ4v) is 2.56. The van der Waals surface area contributed by atoms with E-state index in [1.165, 1.54) is 6.07 Å². The molecule has 0 fully saturated rings. The lowest BCUT2D eigenvalue weighted by atomic mass is 9.99. The molecule has 2 aromatic rings. The topological polar surface area (TPSA) is 38.0 Å². The SMILES string of the molecule is NNC(c1cccc(Cl)c1)c1ccc(F)c(F)c1Br. The van der Waals surface area contributed by atoms with Crippen molar-refractivity contribution < 1.29 is 8.78 Å². The lowest BCUT2D eigenvalue weighted by Crippen LogP contribution is -2.29. The Morgan fingerprint density at radius 1 is 1.21 bits per heavy atom. The molecule has 0 bridgehead atoms. The first-order valence-corrected chi connectivity index (χ1v) is 6.56. The van der Waals surface area contributed by atoms with Crippen LogP contribution >= 0.6 is 27.5 Å². The van der Waals surface area contributed by atoms with Crippen LogP contribution in [-0.4, -0.2) is 0 Å². The molecule has 0 saturated carbocycles. The number of halogens is 4. The summed E-state index contributed by atoms with van der Waals surface area (Å²) < 4.78 is 26.7. The van der Waals surface area contributed by atoms with Gasteiger partial charge in [-0.05, 0) is 45.3 Å². The normalized spacial score (nSPS) is 12.5. The third kappa shape index (κ3) is 2.95. The van der Waals surface area contributed by atoms with Crippen molar-refractivity contribution >= 4 is 27.5 Å². The highest BCUT2D eigenvalue weighted by Crippen LogP contribution is 2.32. The Hall–Kier alpha value is -1.01. The van der Waals surface area contributed by atoms with Gasteiger partial charge in [0.25, 0.3) is 0 Å². The van der Waals surface area contributed by atoms with Gasteiger partial charge in [-0.25, -0.2) is 14.2 Å². The van der Waals surface area contributed by atoms with Gasteiger partial charge in [0.1, 0.15) is 0 Å². The van der Waals surface area contributed by atoms with E-state index < -0.39 is 17.7 Å². The van der Waals surface area contributed by atoms with E-state index in [1.54, 1.807) is 24.3 Å². The van der Waals surface area contributed by atoms with Crippen LogP contribution < -0.4 is 11.3 Å². The predicted octanol–water partition coefficient (Wildman–Crippen LogP) is 3.93. The number of rotatable bonds is 3. The summed E-state index contributed by atoms with van der Waals surface area (Å²) in [5.74, 6) is 3.65. The first kappa shape index (κ1) is 14.4. The van der Waals surface area contributed by atoms with Crippen molar-refractivity contribution in [2.75, 3.05) is 0 Å². The molecule has 1 atom stereocenters. The molecule has 2 nitrogen and oxygen atoms in total. The molecule has 0 saturated heterocycles. The summed E-state index contributed by atoms with van der Waals surface area (Å²) in [5.41, 5.74) is 3.81. The van der Waals surface area contributed by atoms with E-state index >= 15 is 0 Å². The van der Waals surface area contributed by atoms with Crippen LogP contribution in [0, 0.1) is 11.6 Å². The molecule has 0 heterocycles. The zero-order chi connectivity index (χ0) is 14.0. The van der Waals surface area contributed by atoms with Gasteiger partial charge in [0.05, 0.1) is 10.5 Å². The van der Waals surface area contributed by atoms with E-state index in [-0.39, 0.29) is 4.47 Å². The van der Waals surface area contributed by atoms with E-state index in [9.17, 15) is 8.78 Å². The number of nitrogens with one attached hydrogen (secondary N) is 1. The third-order valence-corrected chi connectivity index (χ3v) is 3.77. The van der Waals surface area contributed by atoms with Crippen LogP contribution in [0.3, 0.4) is 0 Å². The highest BCUT2D eigenvalue weighted by molar-refractivity contribution is 9.10. The van der Waals surface area contributed by atoms with Crippen molar-refractivity contribution in [3.8, 4) is 0 Å². The molecule has 0 aromatic heterocycles. The molecule has 0 amide bonds. The van der Waals surface area contributed by atoms with Crippen LogP contribution in [0.5, 0.6) is 0 Å². The average Bonchev–Trinajstić information content (AvgIpc) is 2.40. The van der Waals surface area contributed by atoms with Crippen molar-refractivity contribution in [3.05, 3.63) is 68.7 Å². The van der Waals surface area contributed by atoms with Gasteiger partial charge < -0.3 is 0 Å². The molecule has 0 aliphatic rings. The van der Waals surface area contributed by atoms with Gasteiger partial charge >= 0.3 is 0 Å². The third-order valence-electron chi connectivity index (χ3n) is 2.72. The fourth-order valence-electron chi connectivity index (χ4n) is 1.82. The van der Waals surface area contributed by atoms with E-state index in [0.717, 1.165) is 11.6 Å². The standard InChI is InChI=1S/C13H10BrClF2N2/c14-11-9(4-5-10(16)12(11)17)13(19-18)7-2-1-3-8(15)6-7/h1-6,13,19H,18H2. The molecule has 0 spiro atoms. The Balaban J connectivity index is 2.51. The molecular weight excluding hydrogens is 338 g/mol. The van der Waals surface area contributed by atoms with Crippen molar-refractivity contribution in [2.45, 2.75) is 6.04 Å². The molecule has 19 heavy (non-hydrogen) atoms. The number of hydrazine groups is 1. The summed E-state index contributed by atoms with van der Waals surface area (Å²) in [4.78, 5) is 0. The monoisotopic (exact) mass is 346 g/mol. The summed E-state index contributed by atoms with van der Waals surface area (Å²) in [6, 6.07) is 9.01. The van der Waals surface area contributed by atoms with E-state index in [4.69, 9.17) is 17.4 Å². The van der Waals surface area contributed by atoms with E-state index in [0.29, 0.717) is 10.6 Å². The molecule has 2 aromatic carbocycles. The van der Waals surface area contributed by atoms with Gasteiger partial charge in [0.2, 0.25) is 0 Å². The van der Waals surface area contributed by atoms with Gasteiger partial charge in [0, 0.05) is 5.02 Å². The van der Waals surface area contributed by atoms with Crippen LogP contribution in [0.1, 0.15) is 17.2 Å². The Morgan fingerprint density at radius 2 is 1.95 bits per heavy atom. The van der Waals surface area contributed by atoms with Gasteiger partial charge in [-0.15, -0.1) is 0 Å². The Labute approximate surface area is 122 Å². The zero-order valence-corrected chi connectivity index (χ0v) is 12.0. The Bertz CT molecular complexity index is 607. The molecule has 100 valence electrons. The maximum Gasteiger partial charge on any atom is 0.173 e. The molecular formula is C13H10BrClF2N2. The first-order chi connectivity index (χ1) is 9.04. The highest BCUT2D eigenvalue weighted by Gasteiger charge is 2.19. The maximum absolute atomic E-state index is 13.6. The molecule has 1 unspecified atom stereocenters. The maximum atomic E-state index is 13.6. The van der Waals surface area contributed by atoms with Gasteiger partial charge in [-0.3, -0.25) is 5.84 Å². The van der Waals surface area contributed by atoms with Crippen molar-refractivity contribution in [2.24, 2.45) is 5.84 Å². The van der Waals surface area contributed by atoms with Crippen LogP contribution in [-0.2, 0) is 0 Å². The minimum atomic E-state index is -0.945. The average molecular weight is 348 g/mol. The Kier molecular flexibility index (Phi) is 4.52. The summed E-state index contributed by atoms with van der Waals surface area (Å²) >= 11 is 8.96. The van der Waals surface area contributed by atoms with Gasteiger partial charge in [-0.2, -0.15) is 0 Å². The van der Waals surface area contributed by atoms with Crippen molar-refractivity contribution in [1.29, 1.82) is 0 Å². The fraction of sp³-hybridized carbons (Fsp3) is 0.0769. The van der Waals surface area contributed by atoms with E-state index in [1.807, 2.05) is 0 Å². The minimum Gasteiger partial charge on any atom is -0.271 e. The molecule has 0 aliphatic heterocycles. The van der Waals surface area contributed by atoms with Crippen molar-refractivity contribution in [1.82, 2.24) is 5.43 Å². The molecule has 6 heteroatoms. The summed E-state index contributed by atoms with van der Waals surface area (Å²) in [5, 5.41) is 0.538. The molecule has 0 aliphatic carbocycles. The lowest BCUT2D eigenvalue weighted by Gasteiger charge is -2.19. The Morgan fingerprint density at radius 3 is 2.58 bits per heavy atom. The van der Waals surface area contributed by atoms with Crippen LogP contribution in [0.15, 0.2) is 40.9 Å². The quantitative estimate of drug-likeness (QED) is 0.501. The summed E-state index contributed by atoms with van der Waals surface area (Å²) in [7, 11) is 0. The summed E-state index contributed by atoms with van der Waals surface area (Å²) in [6.07, 6.45) is 0. The second-order valence-electron chi connectivity index (χ2n) is 3.92. The first-order valence-electron chi connectivity index (χ1n) is 5.39. The van der Waals surface area contributed by atoms with Crippen LogP contribution in [0.2, 0.25) is 5.02 Å². The second-order valence-corrected chi connectivity index (χ2v) is 5.15. The van der Waals surface area contributed by atoms with Gasteiger partial charge in [0.15, 0.2) is 11.6 Å². The number of hydrogen-bond acceptors (Lipinski definition) is 2. The zero-order valence-electron chi connectivity index (χ0n) is 9.63. The minimum absolute atomic E-state index is 0.0374. The second kappa shape index (κ2) is 5.96. The lowest BCUT2D eigenvalue weighted by molar-refractivity contribution is 0.498. The number of hydrogen-bond donors (Lipinski definition) is 2. The molecule has 0 radical (unpaired) electrons. The van der Waals surface area contributed by atoms with Crippen LogP contribution in [0.4, 0.5) is 8.78 Å². The number of nitrogens with two attached hydrogens (primary N) is 1. The van der Waals surface area contributed by atoms with Gasteiger partial charge in [-0.1, -0.05) is 29.8 Å². The number of benzene rings is 2. The van der Waals surface area contributed by atoms with E-state index in [2.05, 4.69) is 21.4 Å². The predicted molar refractivity (Wildman–Crippen MR) is 74.7 cm³/mol. The van der Waals surface area contributed by atoms with Crippen molar-refractivity contribution in [3.63, 3.8) is 0 Å². The van der Waals surface area contributed by atoms with Crippen LogP contribution in [0.25, 0.3) is 0 Å². The molecule has 3 N–H and O–H groups in total. The highest BCUT2D eigenvalue weighted by atomic mass is 79.9. The summed E-state index contributed by atoms with van der Waals surface area (Å²) in [6.45, 7) is 0. The smallest absolute Gasteiger partial charge is 0.173 e. The largest absolute Gasteiger partial charge is 0.271 e.